The minimum Gasteiger partial charge on any atom is -0.466 e. The van der Waals surface area contributed by atoms with Crippen LogP contribution in [0.1, 0.15) is 23.7 Å². The van der Waals surface area contributed by atoms with E-state index < -0.39 is 40.5 Å². The number of ketones is 1. The molecule has 2 rings (SSSR count). The number of rotatable bonds is 4. The van der Waals surface area contributed by atoms with Gasteiger partial charge in [-0.15, -0.1) is 0 Å². The standard InChI is InChI=1S/C13H11F2NO4/c1-2-20-9(17)5-6-16-11-8(15)4-3-7(14)10(11)12(18)13(16)19/h3-4H,2,5-6H2,1H3. The van der Waals surface area contributed by atoms with Crippen LogP contribution in [0.3, 0.4) is 0 Å². The van der Waals surface area contributed by atoms with Crippen molar-refractivity contribution in [3.05, 3.63) is 29.3 Å². The van der Waals surface area contributed by atoms with Crippen LogP contribution in [0.4, 0.5) is 14.5 Å². The SMILES string of the molecule is CCOC(=O)CCN1C(=O)C(=O)c2c(F)ccc(F)c21. The smallest absolute Gasteiger partial charge is 0.307 e. The van der Waals surface area contributed by atoms with E-state index in [0.717, 1.165) is 17.0 Å². The molecular weight excluding hydrogens is 272 g/mol. The number of esters is 1. The van der Waals surface area contributed by atoms with E-state index in [2.05, 4.69) is 4.74 Å². The van der Waals surface area contributed by atoms with Crippen LogP contribution in [0.5, 0.6) is 0 Å². The molecule has 0 spiro atoms. The zero-order valence-corrected chi connectivity index (χ0v) is 10.6. The fraction of sp³-hybridized carbons (Fsp3) is 0.308. The summed E-state index contributed by atoms with van der Waals surface area (Å²) in [5, 5.41) is 0. The van der Waals surface area contributed by atoms with Crippen molar-refractivity contribution in [3.63, 3.8) is 0 Å². The average molecular weight is 283 g/mol. The van der Waals surface area contributed by atoms with Gasteiger partial charge >= 0.3 is 5.97 Å². The lowest BCUT2D eigenvalue weighted by Gasteiger charge is -2.16. The van der Waals surface area contributed by atoms with Crippen molar-refractivity contribution in [2.75, 3.05) is 18.1 Å². The van der Waals surface area contributed by atoms with E-state index in [1.54, 1.807) is 6.92 Å². The molecule has 0 fully saturated rings. The summed E-state index contributed by atoms with van der Waals surface area (Å²) in [5.74, 6) is -4.59. The Morgan fingerprint density at radius 1 is 1.25 bits per heavy atom. The first-order valence-electron chi connectivity index (χ1n) is 5.97. The Kier molecular flexibility index (Phi) is 3.78. The van der Waals surface area contributed by atoms with Crippen LogP contribution in [-0.2, 0) is 14.3 Å². The van der Waals surface area contributed by atoms with Gasteiger partial charge in [-0.1, -0.05) is 0 Å². The lowest BCUT2D eigenvalue weighted by atomic mass is 10.1. The number of benzene rings is 1. The molecule has 1 heterocycles. The number of carbonyl (C=O) groups is 3. The second-order valence-corrected chi connectivity index (χ2v) is 4.09. The van der Waals surface area contributed by atoms with Crippen LogP contribution in [0, 0.1) is 11.6 Å². The number of anilines is 1. The molecule has 0 N–H and O–H groups in total. The molecule has 5 nitrogen and oxygen atoms in total. The molecule has 0 aliphatic carbocycles. The molecule has 0 unspecified atom stereocenters. The van der Waals surface area contributed by atoms with Crippen molar-refractivity contribution < 1.29 is 27.9 Å². The van der Waals surface area contributed by atoms with Gasteiger partial charge in [-0.3, -0.25) is 14.4 Å². The zero-order valence-electron chi connectivity index (χ0n) is 10.6. The van der Waals surface area contributed by atoms with Gasteiger partial charge in [0.1, 0.15) is 11.6 Å². The van der Waals surface area contributed by atoms with E-state index in [4.69, 9.17) is 0 Å². The number of hydrogen-bond donors (Lipinski definition) is 0. The van der Waals surface area contributed by atoms with Crippen molar-refractivity contribution in [1.82, 2.24) is 0 Å². The van der Waals surface area contributed by atoms with Crippen LogP contribution >= 0.6 is 0 Å². The van der Waals surface area contributed by atoms with Gasteiger partial charge in [0.25, 0.3) is 11.7 Å². The van der Waals surface area contributed by atoms with Gasteiger partial charge in [-0.05, 0) is 19.1 Å². The maximum atomic E-state index is 13.7. The fourth-order valence-electron chi connectivity index (χ4n) is 2.00. The molecule has 1 aromatic carbocycles. The van der Waals surface area contributed by atoms with Gasteiger partial charge in [0.15, 0.2) is 0 Å². The van der Waals surface area contributed by atoms with E-state index in [-0.39, 0.29) is 19.6 Å². The highest BCUT2D eigenvalue weighted by molar-refractivity contribution is 6.52. The van der Waals surface area contributed by atoms with Crippen LogP contribution in [0.25, 0.3) is 0 Å². The van der Waals surface area contributed by atoms with E-state index >= 15 is 0 Å². The van der Waals surface area contributed by atoms with Crippen molar-refractivity contribution in [1.29, 1.82) is 0 Å². The highest BCUT2D eigenvalue weighted by atomic mass is 19.1. The van der Waals surface area contributed by atoms with Crippen LogP contribution in [-0.4, -0.2) is 30.8 Å². The van der Waals surface area contributed by atoms with E-state index in [1.165, 1.54) is 0 Å². The van der Waals surface area contributed by atoms with Gasteiger partial charge in [-0.2, -0.15) is 0 Å². The molecule has 0 atom stereocenters. The number of carbonyl (C=O) groups excluding carboxylic acids is 3. The average Bonchev–Trinajstić information content (AvgIpc) is 2.66. The summed E-state index contributed by atoms with van der Waals surface area (Å²) in [4.78, 5) is 35.4. The van der Waals surface area contributed by atoms with E-state index in [9.17, 15) is 23.2 Å². The molecule has 1 amide bonds. The Hall–Kier alpha value is -2.31. The Morgan fingerprint density at radius 2 is 1.90 bits per heavy atom. The highest BCUT2D eigenvalue weighted by Crippen LogP contribution is 2.33. The Morgan fingerprint density at radius 3 is 2.55 bits per heavy atom. The molecule has 1 aliphatic rings. The summed E-state index contributed by atoms with van der Waals surface area (Å²) in [6.45, 7) is 1.55. The Bertz CT molecular complexity index is 600. The number of halogens is 2. The summed E-state index contributed by atoms with van der Waals surface area (Å²) in [6.07, 6.45) is -0.206. The summed E-state index contributed by atoms with van der Waals surface area (Å²) in [6, 6.07) is 1.62. The summed E-state index contributed by atoms with van der Waals surface area (Å²) in [5.41, 5.74) is -0.997. The maximum absolute atomic E-state index is 13.7. The molecule has 0 radical (unpaired) electrons. The monoisotopic (exact) mass is 283 g/mol. The maximum Gasteiger partial charge on any atom is 0.307 e. The summed E-state index contributed by atoms with van der Waals surface area (Å²) >= 11 is 0. The minimum absolute atomic E-state index is 0.172. The largest absolute Gasteiger partial charge is 0.466 e. The van der Waals surface area contributed by atoms with Crippen LogP contribution in [0.15, 0.2) is 12.1 Å². The van der Waals surface area contributed by atoms with Crippen molar-refractivity contribution in [2.45, 2.75) is 13.3 Å². The lowest BCUT2D eigenvalue weighted by Crippen LogP contribution is -2.32. The predicted molar refractivity (Wildman–Crippen MR) is 64.3 cm³/mol. The molecule has 0 bridgehead atoms. The van der Waals surface area contributed by atoms with Crippen molar-refractivity contribution in [2.24, 2.45) is 0 Å². The molecule has 0 saturated heterocycles. The predicted octanol–water partition coefficient (Wildman–Crippen LogP) is 1.45. The first kappa shape index (κ1) is 14.1. The van der Waals surface area contributed by atoms with Gasteiger partial charge in [-0.25, -0.2) is 8.78 Å². The summed E-state index contributed by atoms with van der Waals surface area (Å²) in [7, 11) is 0. The number of amides is 1. The molecule has 1 aliphatic heterocycles. The third-order valence-electron chi connectivity index (χ3n) is 2.86. The molecule has 106 valence electrons. The molecule has 1 aromatic rings. The number of ether oxygens (including phenoxy) is 1. The number of nitrogens with zero attached hydrogens (tertiary/aromatic N) is 1. The van der Waals surface area contributed by atoms with Crippen molar-refractivity contribution >= 4 is 23.3 Å². The van der Waals surface area contributed by atoms with Gasteiger partial charge in [0.05, 0.1) is 24.3 Å². The quantitative estimate of drug-likeness (QED) is 0.619. The summed E-state index contributed by atoms with van der Waals surface area (Å²) < 4.78 is 31.9. The van der Waals surface area contributed by atoms with Gasteiger partial charge < -0.3 is 9.64 Å². The highest BCUT2D eigenvalue weighted by Gasteiger charge is 2.40. The number of Topliss-reactive ketones (excluding diaryl/α,β-unsaturated/α-hetero) is 1. The topological polar surface area (TPSA) is 63.7 Å². The third-order valence-corrected chi connectivity index (χ3v) is 2.86. The molecule has 20 heavy (non-hydrogen) atoms. The number of fused-ring (bicyclic) bond motifs is 1. The minimum atomic E-state index is -1.11. The first-order chi connectivity index (χ1) is 9.47. The Labute approximate surface area is 113 Å². The number of hydrogen-bond acceptors (Lipinski definition) is 4. The van der Waals surface area contributed by atoms with Crippen LogP contribution in [0.2, 0.25) is 0 Å². The van der Waals surface area contributed by atoms with Crippen molar-refractivity contribution in [3.8, 4) is 0 Å². The second-order valence-electron chi connectivity index (χ2n) is 4.09. The van der Waals surface area contributed by atoms with Gasteiger partial charge in [0, 0.05) is 6.54 Å². The van der Waals surface area contributed by atoms with Crippen LogP contribution < -0.4 is 4.90 Å². The second kappa shape index (κ2) is 5.36. The zero-order chi connectivity index (χ0) is 14.9. The Balaban J connectivity index is 2.29. The molecule has 7 heteroatoms. The first-order valence-corrected chi connectivity index (χ1v) is 5.97. The van der Waals surface area contributed by atoms with E-state index in [0.29, 0.717) is 0 Å². The third kappa shape index (κ3) is 2.26. The molecule has 0 aromatic heterocycles. The molecular formula is C13H11F2NO4. The lowest BCUT2D eigenvalue weighted by molar-refractivity contribution is -0.142. The van der Waals surface area contributed by atoms with Gasteiger partial charge in [0.2, 0.25) is 0 Å². The fourth-order valence-corrected chi connectivity index (χ4v) is 2.00. The normalized spacial score (nSPS) is 13.7. The van der Waals surface area contributed by atoms with E-state index in [1.807, 2.05) is 0 Å². The molecule has 0 saturated carbocycles.